The van der Waals surface area contributed by atoms with Gasteiger partial charge in [0.2, 0.25) is 5.91 Å². The molecule has 0 radical (unpaired) electrons. The van der Waals surface area contributed by atoms with Crippen LogP contribution in [-0.4, -0.2) is 17.6 Å². The second kappa shape index (κ2) is 7.34. The molecule has 1 amide bonds. The summed E-state index contributed by atoms with van der Waals surface area (Å²) in [6, 6.07) is 11.3. The lowest BCUT2D eigenvalue weighted by atomic mass is 9.79. The summed E-state index contributed by atoms with van der Waals surface area (Å²) < 4.78 is 0. The average molecular weight is 322 g/mol. The van der Waals surface area contributed by atoms with E-state index in [2.05, 4.69) is 23.2 Å². The summed E-state index contributed by atoms with van der Waals surface area (Å²) >= 11 is 0. The van der Waals surface area contributed by atoms with Crippen molar-refractivity contribution in [2.24, 2.45) is 5.41 Å². The highest BCUT2D eigenvalue weighted by Gasteiger charge is 2.60. The lowest BCUT2D eigenvalue weighted by Gasteiger charge is -2.27. The van der Waals surface area contributed by atoms with E-state index in [0.717, 1.165) is 0 Å². The Kier molecular flexibility index (Phi) is 5.44. The fourth-order valence-electron chi connectivity index (χ4n) is 2.61. The van der Waals surface area contributed by atoms with Crippen LogP contribution < -0.4 is 5.32 Å². The minimum atomic E-state index is -1.53. The molecule has 0 aliphatic heterocycles. The monoisotopic (exact) mass is 322 g/mol. The van der Waals surface area contributed by atoms with Crippen LogP contribution in [0.1, 0.15) is 38.7 Å². The number of benzene rings is 1. The molecule has 0 heterocycles. The molecule has 1 aromatic carbocycles. The number of aliphatic hydroxyl groups is 1. The van der Waals surface area contributed by atoms with Crippen LogP contribution in [0.15, 0.2) is 42.0 Å². The summed E-state index contributed by atoms with van der Waals surface area (Å²) in [5, 5.41) is 23.5. The highest BCUT2D eigenvalue weighted by Crippen LogP contribution is 2.57. The molecule has 0 saturated heterocycles. The summed E-state index contributed by atoms with van der Waals surface area (Å²) in [5.41, 5.74) is -1.15. The zero-order chi connectivity index (χ0) is 17.6. The van der Waals surface area contributed by atoms with Crippen molar-refractivity contribution in [3.05, 3.63) is 47.5 Å². The Hall–Kier alpha value is -2.56. The molecule has 1 aromatic rings. The lowest BCUT2D eigenvalue weighted by Crippen LogP contribution is -2.34. The van der Waals surface area contributed by atoms with Gasteiger partial charge in [0.1, 0.15) is 5.41 Å². The molecule has 0 spiro atoms. The maximum atomic E-state index is 11.7. The molecule has 4 heteroatoms. The molecule has 0 bridgehead atoms. The molecular weight excluding hydrogens is 300 g/mol. The van der Waals surface area contributed by atoms with Crippen molar-refractivity contribution >= 4 is 5.91 Å². The van der Waals surface area contributed by atoms with Gasteiger partial charge in [0, 0.05) is 18.2 Å². The topological polar surface area (TPSA) is 73.1 Å². The Balaban J connectivity index is 2.42. The number of carbonyl (C=O) groups excluding carboxylic acids is 1. The largest absolute Gasteiger partial charge is 0.372 e. The van der Waals surface area contributed by atoms with Crippen molar-refractivity contribution in [1.29, 1.82) is 5.26 Å². The maximum Gasteiger partial charge on any atom is 0.244 e. The van der Waals surface area contributed by atoms with Crippen LogP contribution in [0.3, 0.4) is 0 Å². The predicted octanol–water partition coefficient (Wildman–Crippen LogP) is 2.65. The van der Waals surface area contributed by atoms with E-state index in [0.29, 0.717) is 36.9 Å². The fourth-order valence-corrected chi connectivity index (χ4v) is 2.61. The second-order valence-electron chi connectivity index (χ2n) is 5.94. The molecule has 1 fully saturated rings. The molecule has 124 valence electrons. The van der Waals surface area contributed by atoms with Gasteiger partial charge in [0.05, 0.1) is 6.07 Å². The third-order valence-electron chi connectivity index (χ3n) is 4.29. The Labute approximate surface area is 143 Å². The number of amides is 1. The first-order valence-electron chi connectivity index (χ1n) is 8.22. The SMILES string of the molecule is CCNC(=O)/C=C(\C#C[C@@](O)(c1ccccc1)C1(C#N)CC1)CC. The van der Waals surface area contributed by atoms with Crippen molar-refractivity contribution in [1.82, 2.24) is 5.32 Å². The van der Waals surface area contributed by atoms with Crippen molar-refractivity contribution in [3.8, 4) is 17.9 Å². The standard InChI is InChI=1S/C20H22N2O2/c1-3-16(14-18(23)22-4-2)10-11-20(24,19(15-21)12-13-19)17-8-6-5-7-9-17/h5-9,14,24H,3-4,12-13H2,1-2H3,(H,22,23)/b16-14-/t20-/m1/s1. The Morgan fingerprint density at radius 1 is 1.38 bits per heavy atom. The van der Waals surface area contributed by atoms with Crippen LogP contribution in [0, 0.1) is 28.6 Å². The van der Waals surface area contributed by atoms with E-state index in [1.807, 2.05) is 32.0 Å². The van der Waals surface area contributed by atoms with Crippen LogP contribution in [0.5, 0.6) is 0 Å². The molecule has 1 saturated carbocycles. The van der Waals surface area contributed by atoms with Crippen molar-refractivity contribution in [3.63, 3.8) is 0 Å². The first-order chi connectivity index (χ1) is 11.5. The van der Waals surface area contributed by atoms with Crippen LogP contribution >= 0.6 is 0 Å². The third kappa shape index (κ3) is 3.50. The van der Waals surface area contributed by atoms with Gasteiger partial charge in [-0.3, -0.25) is 4.79 Å². The minimum Gasteiger partial charge on any atom is -0.372 e. The van der Waals surface area contributed by atoms with Crippen molar-refractivity contribution < 1.29 is 9.90 Å². The zero-order valence-electron chi connectivity index (χ0n) is 14.1. The lowest BCUT2D eigenvalue weighted by molar-refractivity contribution is -0.116. The number of nitrogens with zero attached hydrogens (tertiary/aromatic N) is 1. The molecular formula is C20H22N2O2. The molecule has 4 nitrogen and oxygen atoms in total. The maximum absolute atomic E-state index is 11.7. The van der Waals surface area contributed by atoms with Gasteiger partial charge < -0.3 is 10.4 Å². The van der Waals surface area contributed by atoms with Gasteiger partial charge in [-0.15, -0.1) is 0 Å². The number of hydrogen-bond acceptors (Lipinski definition) is 3. The van der Waals surface area contributed by atoms with Crippen molar-refractivity contribution in [2.75, 3.05) is 6.54 Å². The van der Waals surface area contributed by atoms with Gasteiger partial charge in [-0.2, -0.15) is 5.26 Å². The van der Waals surface area contributed by atoms with Gasteiger partial charge >= 0.3 is 0 Å². The predicted molar refractivity (Wildman–Crippen MR) is 92.5 cm³/mol. The van der Waals surface area contributed by atoms with Gasteiger partial charge in [0.15, 0.2) is 5.60 Å². The summed E-state index contributed by atoms with van der Waals surface area (Å²) in [4.78, 5) is 11.7. The van der Waals surface area contributed by atoms with E-state index in [9.17, 15) is 15.2 Å². The summed E-state index contributed by atoms with van der Waals surface area (Å²) in [6.07, 6.45) is 3.26. The summed E-state index contributed by atoms with van der Waals surface area (Å²) in [7, 11) is 0. The Morgan fingerprint density at radius 3 is 2.54 bits per heavy atom. The van der Waals surface area contributed by atoms with E-state index >= 15 is 0 Å². The van der Waals surface area contributed by atoms with E-state index in [-0.39, 0.29) is 5.91 Å². The number of nitriles is 1. The van der Waals surface area contributed by atoms with Crippen molar-refractivity contribution in [2.45, 2.75) is 38.7 Å². The number of carbonyl (C=O) groups is 1. The number of nitrogens with one attached hydrogen (secondary N) is 1. The van der Waals surface area contributed by atoms with Gasteiger partial charge in [0.25, 0.3) is 0 Å². The Morgan fingerprint density at radius 2 is 2.04 bits per heavy atom. The molecule has 0 unspecified atom stereocenters. The smallest absolute Gasteiger partial charge is 0.244 e. The number of hydrogen-bond donors (Lipinski definition) is 2. The molecule has 0 aromatic heterocycles. The highest BCUT2D eigenvalue weighted by atomic mass is 16.3. The van der Waals surface area contributed by atoms with Crippen LogP contribution in [-0.2, 0) is 10.4 Å². The van der Waals surface area contributed by atoms with Crippen LogP contribution in [0.4, 0.5) is 0 Å². The molecule has 1 aliphatic carbocycles. The Bertz CT molecular complexity index is 730. The first-order valence-corrected chi connectivity index (χ1v) is 8.22. The van der Waals surface area contributed by atoms with E-state index in [4.69, 9.17) is 0 Å². The highest BCUT2D eigenvalue weighted by molar-refractivity contribution is 5.88. The molecule has 24 heavy (non-hydrogen) atoms. The second-order valence-corrected chi connectivity index (χ2v) is 5.94. The quantitative estimate of drug-likeness (QED) is 0.646. The van der Waals surface area contributed by atoms with E-state index in [1.165, 1.54) is 6.08 Å². The van der Waals surface area contributed by atoms with Crippen LogP contribution in [0.25, 0.3) is 0 Å². The minimum absolute atomic E-state index is 0.201. The number of likely N-dealkylation sites (N-methyl/N-ethyl adjacent to an activating group) is 1. The molecule has 2 rings (SSSR count). The zero-order valence-corrected chi connectivity index (χ0v) is 14.1. The van der Waals surface area contributed by atoms with Gasteiger partial charge in [-0.05, 0) is 31.7 Å². The average Bonchev–Trinajstić information content (AvgIpc) is 3.41. The number of allylic oxidation sites excluding steroid dienone is 1. The number of rotatable bonds is 5. The van der Waals surface area contributed by atoms with E-state index < -0.39 is 11.0 Å². The van der Waals surface area contributed by atoms with E-state index in [1.54, 1.807) is 12.1 Å². The normalized spacial score (nSPS) is 17.7. The summed E-state index contributed by atoms with van der Waals surface area (Å²) in [6.45, 7) is 4.30. The fraction of sp³-hybridized carbons (Fsp3) is 0.400. The summed E-state index contributed by atoms with van der Waals surface area (Å²) in [5.74, 6) is 5.63. The first kappa shape index (κ1) is 17.8. The molecule has 1 atom stereocenters. The third-order valence-corrected chi connectivity index (χ3v) is 4.29. The molecule has 2 N–H and O–H groups in total. The van der Waals surface area contributed by atoms with Gasteiger partial charge in [-0.25, -0.2) is 0 Å². The molecule has 1 aliphatic rings. The van der Waals surface area contributed by atoms with Crippen LogP contribution in [0.2, 0.25) is 0 Å². The van der Waals surface area contributed by atoms with Gasteiger partial charge in [-0.1, -0.05) is 49.1 Å².